The third kappa shape index (κ3) is 4.48. The molecule has 6 rings (SSSR count). The summed E-state index contributed by atoms with van der Waals surface area (Å²) < 4.78 is 8.35. The molecule has 0 bridgehead atoms. The maximum absolute atomic E-state index is 13.6. The van der Waals surface area contributed by atoms with Crippen molar-refractivity contribution in [1.29, 1.82) is 0 Å². The minimum absolute atomic E-state index is 0.242. The van der Waals surface area contributed by atoms with E-state index < -0.39 is 5.97 Å². The highest BCUT2D eigenvalue weighted by atomic mass is 16.5. The minimum atomic E-state index is -0.471. The molecule has 0 radical (unpaired) electrons. The molecule has 0 saturated carbocycles. The van der Waals surface area contributed by atoms with Gasteiger partial charge in [0.15, 0.2) is 5.82 Å². The van der Waals surface area contributed by atoms with Crippen molar-refractivity contribution in [2.45, 2.75) is 6.92 Å². The maximum Gasteiger partial charge on any atom is 0.340 e. The highest BCUT2D eigenvalue weighted by molar-refractivity contribution is 5.96. The third-order valence-corrected chi connectivity index (χ3v) is 6.23. The second kappa shape index (κ2) is 10.2. The molecule has 190 valence electrons. The van der Waals surface area contributed by atoms with Crippen molar-refractivity contribution in [2.24, 2.45) is 0 Å². The first-order chi connectivity index (χ1) is 19.1. The Morgan fingerprint density at radius 1 is 0.769 bits per heavy atom. The number of benzene rings is 3. The highest BCUT2D eigenvalue weighted by Gasteiger charge is 2.22. The lowest BCUT2D eigenvalue weighted by Crippen LogP contribution is -2.16. The summed E-state index contributed by atoms with van der Waals surface area (Å²) in [6.07, 6.45) is 0. The smallest absolute Gasteiger partial charge is 0.340 e. The van der Waals surface area contributed by atoms with Gasteiger partial charge in [-0.25, -0.2) is 19.2 Å². The van der Waals surface area contributed by atoms with Crippen molar-refractivity contribution in [1.82, 2.24) is 24.1 Å². The minimum Gasteiger partial charge on any atom is -0.462 e. The third-order valence-electron chi connectivity index (χ3n) is 6.23. The van der Waals surface area contributed by atoms with Crippen LogP contribution in [0.2, 0.25) is 0 Å². The normalized spacial score (nSPS) is 11.0. The summed E-state index contributed by atoms with van der Waals surface area (Å²) in [5.41, 5.74) is 3.73. The van der Waals surface area contributed by atoms with Crippen molar-refractivity contribution in [2.75, 3.05) is 6.61 Å². The highest BCUT2D eigenvalue weighted by Crippen LogP contribution is 2.28. The summed E-state index contributed by atoms with van der Waals surface area (Å²) in [4.78, 5) is 36.0. The molecule has 8 heteroatoms. The van der Waals surface area contributed by atoms with E-state index in [1.54, 1.807) is 23.7 Å². The number of fused-ring (bicyclic) bond motifs is 1. The first-order valence-corrected chi connectivity index (χ1v) is 12.5. The molecular formula is C31H23N5O3. The number of ether oxygens (including phenoxy) is 1. The van der Waals surface area contributed by atoms with Crippen molar-refractivity contribution in [3.63, 3.8) is 0 Å². The van der Waals surface area contributed by atoms with Gasteiger partial charge in [0.1, 0.15) is 5.69 Å². The van der Waals surface area contributed by atoms with E-state index in [1.165, 1.54) is 10.5 Å². The number of hydrogen-bond acceptors (Lipinski definition) is 6. The number of carbonyl (C=O) groups is 1. The van der Waals surface area contributed by atoms with E-state index in [9.17, 15) is 9.59 Å². The van der Waals surface area contributed by atoms with E-state index >= 15 is 0 Å². The van der Waals surface area contributed by atoms with Crippen LogP contribution < -0.4 is 5.56 Å². The van der Waals surface area contributed by atoms with Crippen LogP contribution in [0.25, 0.3) is 45.5 Å². The quantitative estimate of drug-likeness (QED) is 0.275. The summed E-state index contributed by atoms with van der Waals surface area (Å²) in [6.45, 7) is 2.00. The van der Waals surface area contributed by atoms with Crippen LogP contribution in [-0.2, 0) is 4.74 Å². The molecule has 6 aromatic rings. The van der Waals surface area contributed by atoms with Crippen LogP contribution in [-0.4, -0.2) is 36.7 Å². The number of aromatic nitrogens is 5. The number of nitrogens with zero attached hydrogens (tertiary/aromatic N) is 5. The van der Waals surface area contributed by atoms with Crippen molar-refractivity contribution < 1.29 is 9.53 Å². The standard InChI is InChI=1S/C31H23N5O3/c1-2-39-30(38)24-18-19-25(32-28(24)22-14-8-4-9-15-22)29-34-36(23-16-10-5-11-17-23)31-33-26(20-27(37)35(29)31)21-12-6-3-7-13-21/h3-20H,2H2,1H3. The lowest BCUT2D eigenvalue weighted by atomic mass is 10.0. The zero-order chi connectivity index (χ0) is 26.8. The fourth-order valence-electron chi connectivity index (χ4n) is 4.43. The van der Waals surface area contributed by atoms with Crippen LogP contribution >= 0.6 is 0 Å². The predicted molar refractivity (Wildman–Crippen MR) is 149 cm³/mol. The number of carbonyl (C=O) groups excluding carboxylic acids is 1. The fraction of sp³-hybridized carbons (Fsp3) is 0.0645. The Hall–Kier alpha value is -5.37. The van der Waals surface area contributed by atoms with Gasteiger partial charge in [-0.05, 0) is 31.2 Å². The monoisotopic (exact) mass is 513 g/mol. The first kappa shape index (κ1) is 24.0. The van der Waals surface area contributed by atoms with Crippen LogP contribution in [0.15, 0.2) is 114 Å². The van der Waals surface area contributed by atoms with Crippen LogP contribution in [0.3, 0.4) is 0 Å². The lowest BCUT2D eigenvalue weighted by Gasteiger charge is -2.10. The van der Waals surface area contributed by atoms with Crippen LogP contribution in [0.5, 0.6) is 0 Å². The van der Waals surface area contributed by atoms with Gasteiger partial charge in [0.05, 0.1) is 29.2 Å². The molecular weight excluding hydrogens is 490 g/mol. The SMILES string of the molecule is CCOC(=O)c1ccc(-c2nn(-c3ccccc3)c3nc(-c4ccccc4)cc(=O)n23)nc1-c1ccccc1. The molecule has 8 nitrogen and oxygen atoms in total. The maximum atomic E-state index is 13.6. The summed E-state index contributed by atoms with van der Waals surface area (Å²) >= 11 is 0. The van der Waals surface area contributed by atoms with Gasteiger partial charge in [-0.1, -0.05) is 78.9 Å². The molecule has 0 N–H and O–H groups in total. The molecule has 0 unspecified atom stereocenters. The van der Waals surface area contributed by atoms with Gasteiger partial charge in [-0.2, -0.15) is 4.68 Å². The van der Waals surface area contributed by atoms with Gasteiger partial charge < -0.3 is 4.74 Å². The molecule has 0 aliphatic heterocycles. The summed E-state index contributed by atoms with van der Waals surface area (Å²) in [5, 5.41) is 4.81. The molecule has 0 aliphatic rings. The van der Waals surface area contributed by atoms with E-state index in [-0.39, 0.29) is 12.2 Å². The molecule has 0 aliphatic carbocycles. The molecule has 3 heterocycles. The molecule has 0 atom stereocenters. The summed E-state index contributed by atoms with van der Waals surface area (Å²) in [6, 6.07) is 33.2. The van der Waals surface area contributed by atoms with Gasteiger partial charge >= 0.3 is 5.97 Å². The number of rotatable bonds is 6. The van der Waals surface area contributed by atoms with Gasteiger partial charge in [0, 0.05) is 17.2 Å². The number of esters is 1. The number of para-hydroxylation sites is 1. The Bertz CT molecular complexity index is 1850. The van der Waals surface area contributed by atoms with Crippen molar-refractivity contribution in [3.8, 4) is 39.7 Å². The zero-order valence-electron chi connectivity index (χ0n) is 21.1. The zero-order valence-corrected chi connectivity index (χ0v) is 21.1. The largest absolute Gasteiger partial charge is 0.462 e. The molecule has 3 aromatic heterocycles. The van der Waals surface area contributed by atoms with E-state index in [0.717, 1.165) is 16.8 Å². The molecule has 0 amide bonds. The van der Waals surface area contributed by atoms with Crippen molar-refractivity contribution in [3.05, 3.63) is 125 Å². The second-order valence-electron chi connectivity index (χ2n) is 8.73. The first-order valence-electron chi connectivity index (χ1n) is 12.5. The van der Waals surface area contributed by atoms with Crippen LogP contribution in [0.1, 0.15) is 17.3 Å². The Morgan fingerprint density at radius 3 is 2.08 bits per heavy atom. The number of hydrogen-bond donors (Lipinski definition) is 0. The Labute approximate surface area is 223 Å². The Morgan fingerprint density at radius 2 is 1.41 bits per heavy atom. The van der Waals surface area contributed by atoms with E-state index in [2.05, 4.69) is 0 Å². The molecule has 0 fully saturated rings. The van der Waals surface area contributed by atoms with Crippen LogP contribution in [0, 0.1) is 0 Å². The molecule has 0 spiro atoms. The van der Waals surface area contributed by atoms with E-state index in [1.807, 2.05) is 91.0 Å². The molecule has 0 saturated heterocycles. The average Bonchev–Trinajstić information content (AvgIpc) is 3.38. The molecule has 3 aromatic carbocycles. The fourth-order valence-corrected chi connectivity index (χ4v) is 4.43. The van der Waals surface area contributed by atoms with E-state index in [0.29, 0.717) is 34.2 Å². The Balaban J connectivity index is 1.61. The summed E-state index contributed by atoms with van der Waals surface area (Å²) in [7, 11) is 0. The van der Waals surface area contributed by atoms with E-state index in [4.69, 9.17) is 19.8 Å². The topological polar surface area (TPSA) is 91.4 Å². The number of pyridine rings is 1. The van der Waals surface area contributed by atoms with Gasteiger partial charge in [-0.15, -0.1) is 5.10 Å². The van der Waals surface area contributed by atoms with Crippen molar-refractivity contribution >= 4 is 11.7 Å². The summed E-state index contributed by atoms with van der Waals surface area (Å²) in [5.74, 6) is 0.181. The van der Waals surface area contributed by atoms with Gasteiger partial charge in [-0.3, -0.25) is 4.79 Å². The predicted octanol–water partition coefficient (Wildman–Crippen LogP) is 5.45. The lowest BCUT2D eigenvalue weighted by molar-refractivity contribution is 0.0527. The second-order valence-corrected chi connectivity index (χ2v) is 8.73. The molecule has 39 heavy (non-hydrogen) atoms. The van der Waals surface area contributed by atoms with Gasteiger partial charge in [0.2, 0.25) is 5.78 Å². The van der Waals surface area contributed by atoms with Crippen LogP contribution in [0.4, 0.5) is 0 Å². The Kier molecular flexibility index (Phi) is 6.26. The van der Waals surface area contributed by atoms with Gasteiger partial charge in [0.25, 0.3) is 5.56 Å². The average molecular weight is 514 g/mol.